The first-order valence-corrected chi connectivity index (χ1v) is 11.0. The summed E-state index contributed by atoms with van der Waals surface area (Å²) in [6.45, 7) is 12.6. The molecule has 1 saturated heterocycles. The Bertz CT molecular complexity index is 1050. The number of nitrogens with zero attached hydrogens (tertiary/aromatic N) is 1. The average Bonchev–Trinajstić information content (AvgIpc) is 3.02. The third kappa shape index (κ3) is 4.47. The minimum Gasteiger partial charge on any atom is -0.507 e. The van der Waals surface area contributed by atoms with E-state index in [9.17, 15) is 14.7 Å². The van der Waals surface area contributed by atoms with Crippen molar-refractivity contribution in [1.82, 2.24) is 4.90 Å². The maximum absolute atomic E-state index is 13.0. The van der Waals surface area contributed by atoms with E-state index < -0.39 is 17.7 Å². The lowest BCUT2D eigenvalue weighted by Gasteiger charge is -2.24. The van der Waals surface area contributed by atoms with Gasteiger partial charge in [-0.3, -0.25) is 9.59 Å². The van der Waals surface area contributed by atoms with Crippen LogP contribution in [0.3, 0.4) is 0 Å². The summed E-state index contributed by atoms with van der Waals surface area (Å²) in [6, 6.07) is 12.5. The highest BCUT2D eigenvalue weighted by Gasteiger charge is 2.45. The SMILES string of the molecule is C=CCN1C(=O)C(=O)C(=C(O)c2ccc(OCCC)cc2C)[C@@H]1c1ccc(C(C)C)cc1. The van der Waals surface area contributed by atoms with Gasteiger partial charge in [-0.1, -0.05) is 51.1 Å². The molecule has 0 saturated carbocycles. The van der Waals surface area contributed by atoms with Gasteiger partial charge in [-0.25, -0.2) is 0 Å². The van der Waals surface area contributed by atoms with Crippen molar-refractivity contribution in [3.8, 4) is 5.75 Å². The summed E-state index contributed by atoms with van der Waals surface area (Å²) in [7, 11) is 0. The minimum absolute atomic E-state index is 0.0967. The number of amides is 1. The van der Waals surface area contributed by atoms with Gasteiger partial charge in [0.25, 0.3) is 11.7 Å². The molecule has 1 heterocycles. The van der Waals surface area contributed by atoms with Crippen LogP contribution in [0, 0.1) is 6.92 Å². The highest BCUT2D eigenvalue weighted by Crippen LogP contribution is 2.40. The zero-order chi connectivity index (χ0) is 23.4. The van der Waals surface area contributed by atoms with E-state index in [0.717, 1.165) is 23.1 Å². The number of carbonyl (C=O) groups excluding carboxylic acids is 2. The average molecular weight is 434 g/mol. The van der Waals surface area contributed by atoms with Crippen molar-refractivity contribution < 1.29 is 19.4 Å². The van der Waals surface area contributed by atoms with Crippen LogP contribution in [-0.2, 0) is 9.59 Å². The van der Waals surface area contributed by atoms with Gasteiger partial charge < -0.3 is 14.7 Å². The first-order chi connectivity index (χ1) is 15.3. The maximum Gasteiger partial charge on any atom is 0.295 e. The molecular weight excluding hydrogens is 402 g/mol. The number of likely N-dealkylation sites (tertiary alicyclic amines) is 1. The Hall–Kier alpha value is -3.34. The Kier molecular flexibility index (Phi) is 7.18. The number of rotatable bonds is 8. The predicted octanol–water partition coefficient (Wildman–Crippen LogP) is 5.51. The van der Waals surface area contributed by atoms with Gasteiger partial charge in [-0.15, -0.1) is 6.58 Å². The Balaban J connectivity index is 2.12. The second-order valence-electron chi connectivity index (χ2n) is 8.39. The lowest BCUT2D eigenvalue weighted by Crippen LogP contribution is -2.29. The van der Waals surface area contributed by atoms with Crippen molar-refractivity contribution in [2.45, 2.75) is 46.1 Å². The molecule has 2 aromatic rings. The van der Waals surface area contributed by atoms with Crippen LogP contribution in [0.4, 0.5) is 0 Å². The molecule has 0 aliphatic carbocycles. The lowest BCUT2D eigenvalue weighted by atomic mass is 9.92. The summed E-state index contributed by atoms with van der Waals surface area (Å²) in [4.78, 5) is 27.3. The molecule has 1 N–H and O–H groups in total. The first-order valence-electron chi connectivity index (χ1n) is 11.0. The standard InChI is InChI=1S/C27H31NO4/c1-6-14-28-24(20-10-8-19(9-11-20)17(3)4)23(26(30)27(28)31)25(29)22-13-12-21(16-18(22)5)32-15-7-2/h6,8-13,16-17,24,29H,1,7,14-15H2,2-5H3/t24-/m0/s1. The van der Waals surface area contributed by atoms with Crippen LogP contribution in [0.25, 0.3) is 5.76 Å². The zero-order valence-corrected chi connectivity index (χ0v) is 19.2. The molecule has 5 nitrogen and oxygen atoms in total. The molecule has 0 radical (unpaired) electrons. The van der Waals surface area contributed by atoms with Crippen LogP contribution in [0.2, 0.25) is 0 Å². The van der Waals surface area contributed by atoms with E-state index in [1.807, 2.05) is 44.2 Å². The fourth-order valence-corrected chi connectivity index (χ4v) is 3.97. The monoisotopic (exact) mass is 433 g/mol. The van der Waals surface area contributed by atoms with Gasteiger partial charge in [0.15, 0.2) is 0 Å². The topological polar surface area (TPSA) is 66.8 Å². The molecule has 0 bridgehead atoms. The second-order valence-corrected chi connectivity index (χ2v) is 8.39. The fourth-order valence-electron chi connectivity index (χ4n) is 3.97. The number of aliphatic hydroxyl groups excluding tert-OH is 1. The minimum atomic E-state index is -0.687. The van der Waals surface area contributed by atoms with Gasteiger partial charge in [0.1, 0.15) is 11.5 Å². The summed E-state index contributed by atoms with van der Waals surface area (Å²) in [5, 5.41) is 11.2. The van der Waals surface area contributed by atoms with E-state index in [2.05, 4.69) is 20.4 Å². The summed E-state index contributed by atoms with van der Waals surface area (Å²) in [5.74, 6) is -0.432. The lowest BCUT2D eigenvalue weighted by molar-refractivity contribution is -0.139. The molecule has 1 amide bonds. The van der Waals surface area contributed by atoms with E-state index >= 15 is 0 Å². The summed E-state index contributed by atoms with van der Waals surface area (Å²) >= 11 is 0. The van der Waals surface area contributed by atoms with Crippen LogP contribution < -0.4 is 4.74 Å². The van der Waals surface area contributed by atoms with Crippen LogP contribution >= 0.6 is 0 Å². The van der Waals surface area contributed by atoms with E-state index in [1.54, 1.807) is 18.2 Å². The maximum atomic E-state index is 13.0. The van der Waals surface area contributed by atoms with Crippen molar-refractivity contribution in [2.24, 2.45) is 0 Å². The zero-order valence-electron chi connectivity index (χ0n) is 19.2. The number of ether oxygens (including phenoxy) is 1. The normalized spacial score (nSPS) is 17.8. The third-order valence-electron chi connectivity index (χ3n) is 5.71. The predicted molar refractivity (Wildman–Crippen MR) is 127 cm³/mol. The molecule has 168 valence electrons. The van der Waals surface area contributed by atoms with E-state index in [4.69, 9.17) is 4.74 Å². The fraction of sp³-hybridized carbons (Fsp3) is 0.333. The van der Waals surface area contributed by atoms with Gasteiger partial charge in [-0.2, -0.15) is 0 Å². The van der Waals surface area contributed by atoms with E-state index in [-0.39, 0.29) is 17.9 Å². The summed E-state index contributed by atoms with van der Waals surface area (Å²) in [6.07, 6.45) is 2.48. The molecule has 32 heavy (non-hydrogen) atoms. The Morgan fingerprint density at radius 1 is 1.19 bits per heavy atom. The molecule has 1 fully saturated rings. The highest BCUT2D eigenvalue weighted by molar-refractivity contribution is 6.46. The van der Waals surface area contributed by atoms with Gasteiger partial charge in [-0.05, 0) is 54.2 Å². The van der Waals surface area contributed by atoms with Crippen LogP contribution in [-0.4, -0.2) is 34.8 Å². The molecule has 1 aliphatic heterocycles. The van der Waals surface area contributed by atoms with Crippen LogP contribution in [0.1, 0.15) is 61.4 Å². The van der Waals surface area contributed by atoms with Crippen molar-refractivity contribution in [3.63, 3.8) is 0 Å². The van der Waals surface area contributed by atoms with Crippen LogP contribution in [0.15, 0.2) is 60.7 Å². The largest absolute Gasteiger partial charge is 0.507 e. The molecule has 2 aromatic carbocycles. The van der Waals surface area contributed by atoms with Crippen molar-refractivity contribution in [1.29, 1.82) is 0 Å². The second kappa shape index (κ2) is 9.86. The molecule has 1 atom stereocenters. The third-order valence-corrected chi connectivity index (χ3v) is 5.71. The number of hydrogen-bond acceptors (Lipinski definition) is 4. The molecule has 0 spiro atoms. The molecular formula is C27H31NO4. The first kappa shape index (κ1) is 23.3. The van der Waals surface area contributed by atoms with Gasteiger partial charge in [0.05, 0.1) is 18.2 Å². The van der Waals surface area contributed by atoms with Gasteiger partial charge in [0.2, 0.25) is 0 Å². The molecule has 1 aliphatic rings. The number of benzene rings is 2. The van der Waals surface area contributed by atoms with Crippen LogP contribution in [0.5, 0.6) is 5.75 Å². The molecule has 3 rings (SSSR count). The number of ketones is 1. The summed E-state index contributed by atoms with van der Waals surface area (Å²) in [5.41, 5.74) is 3.30. The van der Waals surface area contributed by atoms with Crippen molar-refractivity contribution >= 4 is 17.4 Å². The Morgan fingerprint density at radius 2 is 1.88 bits per heavy atom. The quantitative estimate of drug-likeness (QED) is 0.258. The highest BCUT2D eigenvalue weighted by atomic mass is 16.5. The molecule has 0 unspecified atom stereocenters. The Morgan fingerprint density at radius 3 is 2.44 bits per heavy atom. The molecule has 0 aromatic heterocycles. The number of hydrogen-bond donors (Lipinski definition) is 1. The number of aryl methyl sites for hydroxylation is 1. The Labute approximate surface area is 190 Å². The van der Waals surface area contributed by atoms with E-state index in [0.29, 0.717) is 23.8 Å². The number of Topliss-reactive ketones (excluding diaryl/α,β-unsaturated/α-hetero) is 1. The smallest absolute Gasteiger partial charge is 0.295 e. The van der Waals surface area contributed by atoms with Gasteiger partial charge >= 0.3 is 0 Å². The van der Waals surface area contributed by atoms with Gasteiger partial charge in [0, 0.05) is 12.1 Å². The van der Waals surface area contributed by atoms with Crippen molar-refractivity contribution in [3.05, 3.63) is 82.9 Å². The summed E-state index contributed by atoms with van der Waals surface area (Å²) < 4.78 is 5.67. The van der Waals surface area contributed by atoms with E-state index in [1.165, 1.54) is 4.90 Å². The number of aliphatic hydroxyl groups is 1. The van der Waals surface area contributed by atoms with Crippen molar-refractivity contribution in [2.75, 3.05) is 13.2 Å². The number of carbonyl (C=O) groups is 2. The molecule has 5 heteroatoms.